The molecule has 0 unspecified atom stereocenters. The number of hydrogen-bond donors (Lipinski definition) is 2. The largest absolute Gasteiger partial charge is 0.431 e. The number of rotatable bonds is 3. The maximum Gasteiger partial charge on any atom is 0.292 e. The van der Waals surface area contributed by atoms with Crippen LogP contribution in [0.15, 0.2) is 34.9 Å². The number of carbonyl (C=O) groups is 1. The van der Waals surface area contributed by atoms with Crippen molar-refractivity contribution in [2.45, 2.75) is 19.8 Å². The van der Waals surface area contributed by atoms with Crippen molar-refractivity contribution >= 4 is 17.6 Å². The van der Waals surface area contributed by atoms with E-state index in [4.69, 9.17) is 10.2 Å². The maximum absolute atomic E-state index is 11.9. The first-order chi connectivity index (χ1) is 8.58. The number of para-hydroxylation sites is 1. The molecule has 0 saturated carbocycles. The van der Waals surface area contributed by atoms with Crippen LogP contribution in [-0.4, -0.2) is 10.9 Å². The second-order valence-electron chi connectivity index (χ2n) is 4.27. The van der Waals surface area contributed by atoms with Crippen molar-refractivity contribution in [3.05, 3.63) is 41.8 Å². The van der Waals surface area contributed by atoms with Gasteiger partial charge in [-0.15, -0.1) is 0 Å². The molecule has 0 bridgehead atoms. The number of nitrogens with one attached hydrogen (secondary N) is 1. The zero-order valence-electron chi connectivity index (χ0n) is 10.3. The third-order valence-electron chi connectivity index (χ3n) is 2.59. The molecule has 0 aliphatic heterocycles. The molecular formula is C13H15N3O2. The average molecular weight is 245 g/mol. The molecule has 18 heavy (non-hydrogen) atoms. The van der Waals surface area contributed by atoms with E-state index in [1.54, 1.807) is 0 Å². The number of aromatic nitrogens is 1. The Balaban J connectivity index is 2.22. The second-order valence-corrected chi connectivity index (χ2v) is 4.27. The van der Waals surface area contributed by atoms with Gasteiger partial charge in [-0.05, 0) is 17.5 Å². The van der Waals surface area contributed by atoms with Gasteiger partial charge in [0, 0.05) is 5.69 Å². The van der Waals surface area contributed by atoms with Gasteiger partial charge in [0.05, 0.1) is 0 Å². The summed E-state index contributed by atoms with van der Waals surface area (Å²) < 4.78 is 4.81. The average Bonchev–Trinajstić information content (AvgIpc) is 2.76. The number of hydrogen-bond acceptors (Lipinski definition) is 4. The van der Waals surface area contributed by atoms with Crippen LogP contribution in [0.5, 0.6) is 0 Å². The van der Waals surface area contributed by atoms with E-state index in [9.17, 15) is 4.79 Å². The highest BCUT2D eigenvalue weighted by molar-refractivity contribution is 6.03. The monoisotopic (exact) mass is 245 g/mol. The van der Waals surface area contributed by atoms with E-state index in [1.807, 2.05) is 24.3 Å². The molecule has 0 radical (unpaired) electrons. The highest BCUT2D eigenvalue weighted by Gasteiger charge is 2.13. The standard InChI is InChI=1S/C13H15N3O2/c1-8(2)9-5-3-4-6-10(9)15-12(17)11-7-18-13(14)16-11/h3-8H,1-2H3,(H2,14,16)(H,15,17). The Morgan fingerprint density at radius 1 is 1.39 bits per heavy atom. The molecule has 5 nitrogen and oxygen atoms in total. The van der Waals surface area contributed by atoms with Gasteiger partial charge in [-0.2, -0.15) is 4.98 Å². The highest BCUT2D eigenvalue weighted by atomic mass is 16.4. The summed E-state index contributed by atoms with van der Waals surface area (Å²) in [6.07, 6.45) is 1.24. The Bertz CT molecular complexity index is 561. The third kappa shape index (κ3) is 2.51. The molecule has 1 heterocycles. The summed E-state index contributed by atoms with van der Waals surface area (Å²) in [7, 11) is 0. The summed E-state index contributed by atoms with van der Waals surface area (Å²) in [4.78, 5) is 15.7. The number of benzene rings is 1. The number of anilines is 2. The lowest BCUT2D eigenvalue weighted by Crippen LogP contribution is -2.14. The van der Waals surface area contributed by atoms with Crippen LogP contribution in [-0.2, 0) is 0 Å². The van der Waals surface area contributed by atoms with Crippen LogP contribution >= 0.6 is 0 Å². The van der Waals surface area contributed by atoms with Crippen LogP contribution in [0.1, 0.15) is 35.8 Å². The Hall–Kier alpha value is -2.30. The van der Waals surface area contributed by atoms with Gasteiger partial charge in [-0.1, -0.05) is 32.0 Å². The first-order valence-electron chi connectivity index (χ1n) is 5.69. The van der Waals surface area contributed by atoms with Gasteiger partial charge in [0.15, 0.2) is 5.69 Å². The Morgan fingerprint density at radius 3 is 2.72 bits per heavy atom. The van der Waals surface area contributed by atoms with Crippen LogP contribution in [0, 0.1) is 0 Å². The Morgan fingerprint density at radius 2 is 2.11 bits per heavy atom. The topological polar surface area (TPSA) is 81.2 Å². The van der Waals surface area contributed by atoms with E-state index < -0.39 is 0 Å². The van der Waals surface area contributed by atoms with Crippen LogP contribution in [0.2, 0.25) is 0 Å². The van der Waals surface area contributed by atoms with E-state index in [0.29, 0.717) is 5.92 Å². The van der Waals surface area contributed by atoms with Crippen molar-refractivity contribution in [1.29, 1.82) is 0 Å². The molecule has 0 aliphatic rings. The fourth-order valence-electron chi connectivity index (χ4n) is 1.69. The quantitative estimate of drug-likeness (QED) is 0.870. The van der Waals surface area contributed by atoms with Gasteiger partial charge in [-0.25, -0.2) is 0 Å². The maximum atomic E-state index is 11.9. The molecule has 0 aliphatic carbocycles. The fourth-order valence-corrected chi connectivity index (χ4v) is 1.69. The zero-order valence-corrected chi connectivity index (χ0v) is 10.3. The first-order valence-corrected chi connectivity index (χ1v) is 5.69. The zero-order chi connectivity index (χ0) is 13.1. The summed E-state index contributed by atoms with van der Waals surface area (Å²) in [5.74, 6) is -0.00701. The molecule has 2 rings (SSSR count). The molecule has 0 fully saturated rings. The number of nitrogens with zero attached hydrogens (tertiary/aromatic N) is 1. The number of amides is 1. The van der Waals surface area contributed by atoms with E-state index in [1.165, 1.54) is 6.26 Å². The van der Waals surface area contributed by atoms with Crippen molar-refractivity contribution in [1.82, 2.24) is 4.98 Å². The molecule has 3 N–H and O–H groups in total. The van der Waals surface area contributed by atoms with Crippen molar-refractivity contribution in [3.8, 4) is 0 Å². The summed E-state index contributed by atoms with van der Waals surface area (Å²) in [5.41, 5.74) is 7.35. The molecule has 1 aromatic carbocycles. The van der Waals surface area contributed by atoms with Gasteiger partial charge in [0.1, 0.15) is 6.26 Å². The third-order valence-corrected chi connectivity index (χ3v) is 2.59. The minimum absolute atomic E-state index is 0.0164. The number of nitrogen functional groups attached to an aromatic ring is 1. The summed E-state index contributed by atoms with van der Waals surface area (Å²) in [6, 6.07) is 7.64. The molecule has 2 aromatic rings. The molecule has 0 spiro atoms. The second kappa shape index (κ2) is 4.91. The van der Waals surface area contributed by atoms with Crippen LogP contribution < -0.4 is 11.1 Å². The molecule has 1 amide bonds. The van der Waals surface area contributed by atoms with Crippen LogP contribution in [0.25, 0.3) is 0 Å². The Labute approximate surface area is 105 Å². The van der Waals surface area contributed by atoms with Crippen molar-refractivity contribution in [2.75, 3.05) is 11.1 Å². The van der Waals surface area contributed by atoms with Gasteiger partial charge >= 0.3 is 0 Å². The fraction of sp³-hybridized carbons (Fsp3) is 0.231. The molecule has 5 heteroatoms. The van der Waals surface area contributed by atoms with E-state index in [-0.39, 0.29) is 17.6 Å². The first kappa shape index (κ1) is 12.2. The smallest absolute Gasteiger partial charge is 0.292 e. The predicted molar refractivity (Wildman–Crippen MR) is 69.4 cm³/mol. The SMILES string of the molecule is CC(C)c1ccccc1NC(=O)c1coc(N)n1. The van der Waals surface area contributed by atoms with Gasteiger partial charge in [0.25, 0.3) is 11.9 Å². The summed E-state index contributed by atoms with van der Waals surface area (Å²) in [5, 5.41) is 2.80. The lowest BCUT2D eigenvalue weighted by Gasteiger charge is -2.12. The Kier molecular flexibility index (Phi) is 3.32. The normalized spacial score (nSPS) is 10.6. The van der Waals surface area contributed by atoms with E-state index >= 15 is 0 Å². The lowest BCUT2D eigenvalue weighted by molar-refractivity contribution is 0.102. The molecule has 94 valence electrons. The van der Waals surface area contributed by atoms with Crippen molar-refractivity contribution in [2.24, 2.45) is 0 Å². The molecule has 1 aromatic heterocycles. The van der Waals surface area contributed by atoms with Gasteiger partial charge in [0.2, 0.25) is 0 Å². The number of oxazole rings is 1. The minimum atomic E-state index is -0.330. The van der Waals surface area contributed by atoms with Crippen LogP contribution in [0.4, 0.5) is 11.7 Å². The van der Waals surface area contributed by atoms with Crippen LogP contribution in [0.3, 0.4) is 0 Å². The summed E-state index contributed by atoms with van der Waals surface area (Å²) in [6.45, 7) is 4.14. The van der Waals surface area contributed by atoms with Crippen molar-refractivity contribution < 1.29 is 9.21 Å². The van der Waals surface area contributed by atoms with E-state index in [0.717, 1.165) is 11.3 Å². The molecule has 0 saturated heterocycles. The molecule has 0 atom stereocenters. The number of carbonyl (C=O) groups excluding carboxylic acids is 1. The van der Waals surface area contributed by atoms with E-state index in [2.05, 4.69) is 24.1 Å². The predicted octanol–water partition coefficient (Wildman–Crippen LogP) is 2.63. The van der Waals surface area contributed by atoms with Gasteiger partial charge in [-0.3, -0.25) is 4.79 Å². The van der Waals surface area contributed by atoms with Gasteiger partial charge < -0.3 is 15.5 Å². The lowest BCUT2D eigenvalue weighted by atomic mass is 10.0. The summed E-state index contributed by atoms with van der Waals surface area (Å²) >= 11 is 0. The number of nitrogens with two attached hydrogens (primary N) is 1. The highest BCUT2D eigenvalue weighted by Crippen LogP contribution is 2.24. The molecular weight excluding hydrogens is 230 g/mol. The minimum Gasteiger partial charge on any atom is -0.431 e. The van der Waals surface area contributed by atoms with Crippen molar-refractivity contribution in [3.63, 3.8) is 0 Å².